The molecule has 20 heavy (non-hydrogen) atoms. The quantitative estimate of drug-likeness (QED) is 0.880. The Balaban J connectivity index is 2.22. The van der Waals surface area contributed by atoms with Gasteiger partial charge in [-0.2, -0.15) is 0 Å². The molecule has 0 heterocycles. The van der Waals surface area contributed by atoms with E-state index in [1.165, 1.54) is 18.0 Å². The van der Waals surface area contributed by atoms with E-state index in [0.717, 1.165) is 9.79 Å². The summed E-state index contributed by atoms with van der Waals surface area (Å²) in [5.74, 6) is 0.628. The molecular weight excluding hydrogens is 294 g/mol. The van der Waals surface area contributed by atoms with Crippen molar-refractivity contribution in [3.63, 3.8) is 0 Å². The maximum atomic E-state index is 11.4. The van der Waals surface area contributed by atoms with Crippen LogP contribution in [0.2, 0.25) is 0 Å². The summed E-state index contributed by atoms with van der Waals surface area (Å²) in [7, 11) is -1.58. The molecule has 106 valence electrons. The number of methoxy groups -OCH3 is 1. The lowest BCUT2D eigenvalue weighted by molar-refractivity contribution is 0.416. The highest BCUT2D eigenvalue weighted by Crippen LogP contribution is 2.33. The molecule has 0 aliphatic heterocycles. The second-order valence-corrected chi connectivity index (χ2v) is 7.41. The molecule has 2 rings (SSSR count). The van der Waals surface area contributed by atoms with Gasteiger partial charge < -0.3 is 10.5 Å². The Morgan fingerprint density at radius 1 is 1.05 bits per heavy atom. The van der Waals surface area contributed by atoms with E-state index in [-0.39, 0.29) is 0 Å². The maximum Gasteiger partial charge on any atom is 0.175 e. The van der Waals surface area contributed by atoms with E-state index in [4.69, 9.17) is 10.5 Å². The van der Waals surface area contributed by atoms with Crippen LogP contribution in [-0.4, -0.2) is 21.8 Å². The lowest BCUT2D eigenvalue weighted by atomic mass is 10.3. The van der Waals surface area contributed by atoms with E-state index in [1.54, 1.807) is 37.4 Å². The van der Waals surface area contributed by atoms with Gasteiger partial charge in [-0.3, -0.25) is 0 Å². The third-order valence-electron chi connectivity index (χ3n) is 2.69. The largest absolute Gasteiger partial charge is 0.495 e. The molecule has 0 aromatic heterocycles. The highest BCUT2D eigenvalue weighted by molar-refractivity contribution is 7.99. The van der Waals surface area contributed by atoms with Gasteiger partial charge in [0, 0.05) is 16.0 Å². The molecule has 0 saturated heterocycles. The van der Waals surface area contributed by atoms with Crippen LogP contribution in [0.25, 0.3) is 0 Å². The Bertz CT molecular complexity index is 710. The molecule has 4 nitrogen and oxygen atoms in total. The minimum atomic E-state index is -3.15. The number of ether oxygens (including phenoxy) is 1. The summed E-state index contributed by atoms with van der Waals surface area (Å²) < 4.78 is 27.9. The lowest BCUT2D eigenvalue weighted by Crippen LogP contribution is -1.96. The molecule has 6 heteroatoms. The summed E-state index contributed by atoms with van der Waals surface area (Å²) in [5.41, 5.74) is 6.35. The van der Waals surface area contributed by atoms with Crippen LogP contribution in [-0.2, 0) is 9.84 Å². The predicted molar refractivity (Wildman–Crippen MR) is 81.1 cm³/mol. The molecule has 0 atom stereocenters. The molecule has 0 fully saturated rings. The van der Waals surface area contributed by atoms with Crippen LogP contribution >= 0.6 is 11.8 Å². The number of rotatable bonds is 4. The fraction of sp³-hybridized carbons (Fsp3) is 0.143. The van der Waals surface area contributed by atoms with E-state index in [9.17, 15) is 8.42 Å². The first-order valence-corrected chi connectivity index (χ1v) is 8.52. The zero-order chi connectivity index (χ0) is 14.8. The van der Waals surface area contributed by atoms with Crippen molar-refractivity contribution >= 4 is 27.3 Å². The molecule has 0 aliphatic carbocycles. The SMILES string of the molecule is COc1cc(Sc2ccc(S(C)(=O)=O)cc2)ccc1N. The number of anilines is 1. The second kappa shape index (κ2) is 5.76. The molecule has 0 bridgehead atoms. The Hall–Kier alpha value is -1.66. The van der Waals surface area contributed by atoms with Gasteiger partial charge in [0.15, 0.2) is 9.84 Å². The topological polar surface area (TPSA) is 69.4 Å². The standard InChI is InChI=1S/C14H15NO3S2/c1-18-14-9-11(5-8-13(14)15)19-10-3-6-12(7-4-10)20(2,16)17/h3-9H,15H2,1-2H3. The van der Waals surface area contributed by atoms with Gasteiger partial charge in [0.2, 0.25) is 0 Å². The third kappa shape index (κ3) is 3.46. The summed E-state index contributed by atoms with van der Waals surface area (Å²) >= 11 is 1.51. The smallest absolute Gasteiger partial charge is 0.175 e. The number of hydrogen-bond donors (Lipinski definition) is 1. The van der Waals surface area contributed by atoms with Crippen molar-refractivity contribution in [1.82, 2.24) is 0 Å². The van der Waals surface area contributed by atoms with Gasteiger partial charge in [-0.05, 0) is 42.5 Å². The highest BCUT2D eigenvalue weighted by atomic mass is 32.2. The number of nitrogens with two attached hydrogens (primary N) is 1. The third-order valence-corrected chi connectivity index (χ3v) is 4.82. The average Bonchev–Trinajstić information content (AvgIpc) is 2.40. The molecular formula is C14H15NO3S2. The van der Waals surface area contributed by atoms with Gasteiger partial charge in [0.25, 0.3) is 0 Å². The Morgan fingerprint density at radius 3 is 2.20 bits per heavy atom. The number of nitrogen functional groups attached to an aromatic ring is 1. The minimum absolute atomic E-state index is 0.316. The van der Waals surface area contributed by atoms with Gasteiger partial charge >= 0.3 is 0 Å². The van der Waals surface area contributed by atoms with Crippen LogP contribution in [0.1, 0.15) is 0 Å². The Kier molecular flexibility index (Phi) is 4.25. The normalized spacial score (nSPS) is 11.3. The summed E-state index contributed by atoms with van der Waals surface area (Å²) in [6, 6.07) is 12.3. The van der Waals surface area contributed by atoms with Crippen LogP contribution in [0.5, 0.6) is 5.75 Å². The monoisotopic (exact) mass is 309 g/mol. The van der Waals surface area contributed by atoms with Gasteiger partial charge in [-0.25, -0.2) is 8.42 Å². The fourth-order valence-electron chi connectivity index (χ4n) is 1.65. The van der Waals surface area contributed by atoms with Crippen molar-refractivity contribution in [1.29, 1.82) is 0 Å². The predicted octanol–water partition coefficient (Wildman–Crippen LogP) is 2.83. The number of sulfone groups is 1. The molecule has 0 aliphatic rings. The number of benzene rings is 2. The van der Waals surface area contributed by atoms with E-state index in [2.05, 4.69) is 0 Å². The summed E-state index contributed by atoms with van der Waals surface area (Å²) in [6.07, 6.45) is 1.19. The molecule has 0 spiro atoms. The van der Waals surface area contributed by atoms with Crippen LogP contribution in [0.15, 0.2) is 57.2 Å². The molecule has 0 amide bonds. The highest BCUT2D eigenvalue weighted by Gasteiger charge is 2.07. The zero-order valence-electron chi connectivity index (χ0n) is 11.2. The fourth-order valence-corrected chi connectivity index (χ4v) is 3.12. The van der Waals surface area contributed by atoms with Crippen molar-refractivity contribution in [2.45, 2.75) is 14.7 Å². The first-order chi connectivity index (χ1) is 9.40. The maximum absolute atomic E-state index is 11.4. The van der Waals surface area contributed by atoms with E-state index in [0.29, 0.717) is 16.3 Å². The Labute approximate surface area is 122 Å². The lowest BCUT2D eigenvalue weighted by Gasteiger charge is -2.07. The average molecular weight is 309 g/mol. The minimum Gasteiger partial charge on any atom is -0.495 e. The van der Waals surface area contributed by atoms with Crippen molar-refractivity contribution in [2.75, 3.05) is 19.1 Å². The van der Waals surface area contributed by atoms with Gasteiger partial charge in [-0.15, -0.1) is 0 Å². The molecule has 0 unspecified atom stereocenters. The van der Waals surface area contributed by atoms with Crippen molar-refractivity contribution in [3.05, 3.63) is 42.5 Å². The summed E-state index contributed by atoms with van der Waals surface area (Å²) in [6.45, 7) is 0. The van der Waals surface area contributed by atoms with Gasteiger partial charge in [-0.1, -0.05) is 11.8 Å². The van der Waals surface area contributed by atoms with E-state index < -0.39 is 9.84 Å². The number of hydrogen-bond acceptors (Lipinski definition) is 5. The van der Waals surface area contributed by atoms with Crippen LogP contribution < -0.4 is 10.5 Å². The molecule has 2 aromatic carbocycles. The second-order valence-electron chi connectivity index (χ2n) is 4.25. The first-order valence-electron chi connectivity index (χ1n) is 5.81. The summed E-state index contributed by atoms with van der Waals surface area (Å²) in [4.78, 5) is 2.24. The van der Waals surface area contributed by atoms with Crippen LogP contribution in [0.3, 0.4) is 0 Å². The first kappa shape index (κ1) is 14.7. The van der Waals surface area contributed by atoms with Crippen LogP contribution in [0, 0.1) is 0 Å². The Morgan fingerprint density at radius 2 is 1.65 bits per heavy atom. The van der Waals surface area contributed by atoms with Gasteiger partial charge in [0.05, 0.1) is 17.7 Å². The molecule has 0 radical (unpaired) electrons. The zero-order valence-corrected chi connectivity index (χ0v) is 12.8. The van der Waals surface area contributed by atoms with Gasteiger partial charge in [0.1, 0.15) is 5.75 Å². The van der Waals surface area contributed by atoms with Crippen molar-refractivity contribution < 1.29 is 13.2 Å². The van der Waals surface area contributed by atoms with Crippen molar-refractivity contribution in [3.8, 4) is 5.75 Å². The van der Waals surface area contributed by atoms with E-state index >= 15 is 0 Å². The van der Waals surface area contributed by atoms with E-state index in [1.807, 2.05) is 12.1 Å². The molecule has 0 saturated carbocycles. The van der Waals surface area contributed by atoms with Crippen molar-refractivity contribution in [2.24, 2.45) is 0 Å². The van der Waals surface area contributed by atoms with Crippen LogP contribution in [0.4, 0.5) is 5.69 Å². The molecule has 2 aromatic rings. The molecule has 2 N–H and O–H groups in total. The summed E-state index contributed by atoms with van der Waals surface area (Å²) in [5, 5.41) is 0.